The lowest BCUT2D eigenvalue weighted by molar-refractivity contribution is -0.105. The molecule has 8 heteroatoms. The topological polar surface area (TPSA) is 61.4 Å². The molecule has 4 rings (SSSR count). The molecule has 1 fully saturated rings. The summed E-state index contributed by atoms with van der Waals surface area (Å²) in [6.07, 6.45) is 1.26. The Hall–Kier alpha value is -3.09. The molecular weight excluding hydrogens is 512 g/mol. The van der Waals surface area contributed by atoms with Crippen LogP contribution < -0.4 is 10.6 Å². The molecule has 1 saturated heterocycles. The van der Waals surface area contributed by atoms with Gasteiger partial charge >= 0.3 is 6.03 Å². The number of halogens is 3. The van der Waals surface area contributed by atoms with Crippen LogP contribution in [0.2, 0.25) is 10.0 Å². The fraction of sp³-hybridized carbons (Fsp3) is 0.310. The van der Waals surface area contributed by atoms with Crippen LogP contribution in [0.25, 0.3) is 0 Å². The van der Waals surface area contributed by atoms with Gasteiger partial charge in [-0.05, 0) is 86.2 Å². The summed E-state index contributed by atoms with van der Waals surface area (Å²) in [5, 5.41) is 6.94. The fourth-order valence-corrected chi connectivity index (χ4v) is 5.49. The van der Waals surface area contributed by atoms with Crippen molar-refractivity contribution in [3.05, 3.63) is 99.3 Å². The summed E-state index contributed by atoms with van der Waals surface area (Å²) in [4.78, 5) is 26.9. The van der Waals surface area contributed by atoms with E-state index in [2.05, 4.69) is 10.6 Å². The third kappa shape index (κ3) is 6.25. The highest BCUT2D eigenvalue weighted by Crippen LogP contribution is 2.52. The van der Waals surface area contributed by atoms with Gasteiger partial charge in [-0.3, -0.25) is 4.79 Å². The quantitative estimate of drug-likeness (QED) is 0.328. The average Bonchev–Trinajstić information content (AvgIpc) is 2.83. The lowest BCUT2D eigenvalue weighted by atomic mass is 9.70. The Morgan fingerprint density at radius 1 is 1.00 bits per heavy atom. The summed E-state index contributed by atoms with van der Waals surface area (Å²) in [6, 6.07) is 18.6. The zero-order valence-electron chi connectivity index (χ0n) is 21.0. The number of benzene rings is 3. The van der Waals surface area contributed by atoms with E-state index in [1.807, 2.05) is 57.2 Å². The van der Waals surface area contributed by atoms with Crippen molar-refractivity contribution in [3.8, 4) is 0 Å². The highest BCUT2D eigenvalue weighted by atomic mass is 35.5. The number of piperidine rings is 1. The predicted octanol–water partition coefficient (Wildman–Crippen LogP) is 7.52. The lowest BCUT2D eigenvalue weighted by Gasteiger charge is -2.47. The Bertz CT molecular complexity index is 1280. The number of nitrogens with one attached hydrogen (secondary N) is 2. The summed E-state index contributed by atoms with van der Waals surface area (Å²) < 4.78 is 14.6. The Balaban J connectivity index is 1.94. The van der Waals surface area contributed by atoms with Gasteiger partial charge in [0.2, 0.25) is 6.41 Å². The number of anilines is 1. The molecule has 0 spiro atoms. The third-order valence-electron chi connectivity index (χ3n) is 6.61. The highest BCUT2D eigenvalue weighted by Gasteiger charge is 2.44. The van der Waals surface area contributed by atoms with Crippen LogP contribution >= 0.6 is 23.2 Å². The van der Waals surface area contributed by atoms with E-state index < -0.39 is 11.6 Å². The molecule has 3 amide bonds. The number of carbonyl (C=O) groups excluding carboxylic acids is 2. The van der Waals surface area contributed by atoms with Gasteiger partial charge in [0, 0.05) is 33.7 Å². The van der Waals surface area contributed by atoms with E-state index in [0.717, 1.165) is 11.1 Å². The molecule has 37 heavy (non-hydrogen) atoms. The summed E-state index contributed by atoms with van der Waals surface area (Å²) in [5.41, 5.74) is 2.60. The molecule has 0 bridgehead atoms. The molecule has 1 aliphatic rings. The van der Waals surface area contributed by atoms with Gasteiger partial charge in [0.15, 0.2) is 0 Å². The van der Waals surface area contributed by atoms with Crippen molar-refractivity contribution in [2.45, 2.75) is 50.6 Å². The predicted molar refractivity (Wildman–Crippen MR) is 147 cm³/mol. The zero-order valence-corrected chi connectivity index (χ0v) is 22.5. The number of hydrogen-bond acceptors (Lipinski definition) is 2. The second-order valence-electron chi connectivity index (χ2n) is 10.3. The van der Waals surface area contributed by atoms with E-state index in [1.165, 1.54) is 12.1 Å². The summed E-state index contributed by atoms with van der Waals surface area (Å²) in [5.74, 6) is -0.775. The molecule has 1 unspecified atom stereocenters. The molecule has 3 aromatic carbocycles. The second kappa shape index (κ2) is 11.1. The number of amides is 3. The highest BCUT2D eigenvalue weighted by molar-refractivity contribution is 6.31. The van der Waals surface area contributed by atoms with Gasteiger partial charge in [0.05, 0.1) is 6.04 Å². The summed E-state index contributed by atoms with van der Waals surface area (Å²) in [7, 11) is 0. The number of nitrogens with zero attached hydrogens (tertiary/aromatic N) is 1. The Morgan fingerprint density at radius 2 is 1.70 bits per heavy atom. The van der Waals surface area contributed by atoms with Crippen molar-refractivity contribution in [2.75, 3.05) is 11.9 Å². The van der Waals surface area contributed by atoms with Crippen molar-refractivity contribution in [2.24, 2.45) is 0 Å². The van der Waals surface area contributed by atoms with Gasteiger partial charge in [0.25, 0.3) is 0 Å². The van der Waals surface area contributed by atoms with E-state index in [-0.39, 0.29) is 23.7 Å². The fourth-order valence-electron chi connectivity index (χ4n) is 5.19. The van der Waals surface area contributed by atoms with Crippen LogP contribution in [0.3, 0.4) is 0 Å². The van der Waals surface area contributed by atoms with Gasteiger partial charge in [-0.2, -0.15) is 0 Å². The standard InChI is InChI=1S/C29H30Cl2FN3O2/c1-29(2,3)34-28(37)35-14-13-23(18-7-9-20(30)10-8-18)26(27(35)19-5-4-6-22(32)15-19)24-12-11-21(31)16-25(24)33-17-36/h4-12,15-17,23,26-27H,13-14H2,1-3H3,(H,33,36)(H,34,37)/t23-,26?,27-/m1/s1. The van der Waals surface area contributed by atoms with E-state index >= 15 is 0 Å². The normalized spacial score (nSPS) is 19.8. The first-order chi connectivity index (χ1) is 17.6. The van der Waals surface area contributed by atoms with Crippen molar-refractivity contribution < 1.29 is 14.0 Å². The van der Waals surface area contributed by atoms with E-state index in [0.29, 0.717) is 40.7 Å². The Kier molecular flexibility index (Phi) is 8.10. The molecule has 3 aromatic rings. The molecule has 5 nitrogen and oxygen atoms in total. The van der Waals surface area contributed by atoms with Crippen molar-refractivity contribution in [1.29, 1.82) is 0 Å². The lowest BCUT2D eigenvalue weighted by Crippen LogP contribution is -2.53. The molecule has 1 heterocycles. The minimum Gasteiger partial charge on any atom is -0.333 e. The van der Waals surface area contributed by atoms with Crippen LogP contribution in [0.4, 0.5) is 14.9 Å². The van der Waals surface area contributed by atoms with E-state index in [9.17, 15) is 14.0 Å². The van der Waals surface area contributed by atoms with Crippen LogP contribution in [-0.2, 0) is 4.79 Å². The smallest absolute Gasteiger partial charge is 0.318 e. The van der Waals surface area contributed by atoms with Gasteiger partial charge in [-0.1, -0.05) is 53.5 Å². The van der Waals surface area contributed by atoms with Crippen molar-refractivity contribution >= 4 is 41.3 Å². The SMILES string of the molecule is CC(C)(C)NC(=O)N1CC[C@H](c2ccc(Cl)cc2)C(c2ccc(Cl)cc2NC=O)[C@H]1c1cccc(F)c1. The number of rotatable bonds is 5. The van der Waals surface area contributed by atoms with Gasteiger partial charge in [-0.25, -0.2) is 9.18 Å². The summed E-state index contributed by atoms with van der Waals surface area (Å²) in [6.45, 7) is 6.22. The molecule has 3 atom stereocenters. The van der Waals surface area contributed by atoms with Crippen LogP contribution in [0, 0.1) is 5.82 Å². The minimum atomic E-state index is -0.527. The molecular formula is C29H30Cl2FN3O2. The Morgan fingerprint density at radius 3 is 2.35 bits per heavy atom. The molecule has 2 N–H and O–H groups in total. The number of urea groups is 1. The largest absolute Gasteiger partial charge is 0.333 e. The third-order valence-corrected chi connectivity index (χ3v) is 7.10. The van der Waals surface area contributed by atoms with Gasteiger partial charge in [0.1, 0.15) is 5.82 Å². The zero-order chi connectivity index (χ0) is 26.7. The first-order valence-corrected chi connectivity index (χ1v) is 12.9. The van der Waals surface area contributed by atoms with Gasteiger partial charge < -0.3 is 15.5 Å². The maximum absolute atomic E-state index is 14.6. The van der Waals surface area contributed by atoms with Crippen LogP contribution in [0.1, 0.15) is 61.8 Å². The molecule has 194 valence electrons. The average molecular weight is 542 g/mol. The van der Waals surface area contributed by atoms with E-state index in [4.69, 9.17) is 23.2 Å². The van der Waals surface area contributed by atoms with Crippen LogP contribution in [-0.4, -0.2) is 29.4 Å². The minimum absolute atomic E-state index is 0.0578. The molecule has 1 aliphatic heterocycles. The van der Waals surface area contributed by atoms with Crippen LogP contribution in [0.15, 0.2) is 66.7 Å². The second-order valence-corrected chi connectivity index (χ2v) is 11.2. The molecule has 0 aliphatic carbocycles. The number of hydrogen-bond donors (Lipinski definition) is 2. The van der Waals surface area contributed by atoms with Gasteiger partial charge in [-0.15, -0.1) is 0 Å². The first-order valence-electron chi connectivity index (χ1n) is 12.2. The monoisotopic (exact) mass is 541 g/mol. The number of likely N-dealkylation sites (tertiary alicyclic amines) is 1. The molecule has 0 aromatic heterocycles. The maximum Gasteiger partial charge on any atom is 0.318 e. The summed E-state index contributed by atoms with van der Waals surface area (Å²) >= 11 is 12.5. The van der Waals surface area contributed by atoms with Crippen molar-refractivity contribution in [1.82, 2.24) is 10.2 Å². The molecule has 0 saturated carbocycles. The Labute approximate surface area is 227 Å². The molecule has 0 radical (unpaired) electrons. The number of carbonyl (C=O) groups is 2. The van der Waals surface area contributed by atoms with E-state index in [1.54, 1.807) is 23.1 Å². The van der Waals surface area contributed by atoms with Crippen molar-refractivity contribution in [3.63, 3.8) is 0 Å². The van der Waals surface area contributed by atoms with Crippen LogP contribution in [0.5, 0.6) is 0 Å². The first kappa shape index (κ1) is 27.0. The maximum atomic E-state index is 14.6.